The summed E-state index contributed by atoms with van der Waals surface area (Å²) in [5.74, 6) is 0.794. The van der Waals surface area contributed by atoms with E-state index in [2.05, 4.69) is 19.9 Å². The number of rotatable bonds is 1. The van der Waals surface area contributed by atoms with Crippen molar-refractivity contribution in [3.63, 3.8) is 0 Å². The molecule has 0 atom stereocenters. The maximum absolute atomic E-state index is 2.63. The number of hydrogen-bond donors (Lipinski definition) is 0. The lowest BCUT2D eigenvalue weighted by molar-refractivity contribution is 0.170. The maximum Gasteiger partial charge on any atom is -0.0115 e. The van der Waals surface area contributed by atoms with Gasteiger partial charge in [0.25, 0.3) is 0 Å². The maximum atomic E-state index is 2.63. The molecule has 0 heteroatoms. The molecule has 0 amide bonds. The molecule has 0 radical (unpaired) electrons. The fraction of sp³-hybridized carbons (Fsp3) is 0.833. The van der Waals surface area contributed by atoms with Crippen LogP contribution in [-0.2, 0) is 0 Å². The molecule has 0 nitrogen and oxygen atoms in total. The summed E-state index contributed by atoms with van der Waals surface area (Å²) in [6.07, 6.45) is 11.4. The van der Waals surface area contributed by atoms with Crippen LogP contribution in [-0.4, -0.2) is 0 Å². The summed E-state index contributed by atoms with van der Waals surface area (Å²) in [6, 6.07) is 0. The van der Waals surface area contributed by atoms with E-state index in [9.17, 15) is 0 Å². The van der Waals surface area contributed by atoms with Crippen molar-refractivity contribution in [2.45, 2.75) is 52.4 Å². The van der Waals surface area contributed by atoms with Crippen LogP contribution in [0, 0.1) is 11.3 Å². The molecule has 0 aromatic rings. The van der Waals surface area contributed by atoms with Gasteiger partial charge in [0.05, 0.1) is 0 Å². The highest BCUT2D eigenvalue weighted by Crippen LogP contribution is 2.50. The van der Waals surface area contributed by atoms with E-state index in [-0.39, 0.29) is 0 Å². The van der Waals surface area contributed by atoms with Crippen molar-refractivity contribution >= 4 is 0 Å². The van der Waals surface area contributed by atoms with Crippen LogP contribution in [0.15, 0.2) is 11.6 Å². The first-order valence-electron chi connectivity index (χ1n) is 5.43. The Morgan fingerprint density at radius 2 is 1.83 bits per heavy atom. The van der Waals surface area contributed by atoms with Gasteiger partial charge in [-0.1, -0.05) is 31.9 Å². The predicted octanol–water partition coefficient (Wildman–Crippen LogP) is 3.92. The first-order chi connectivity index (χ1) is 5.72. The van der Waals surface area contributed by atoms with Crippen molar-refractivity contribution in [3.8, 4) is 0 Å². The van der Waals surface area contributed by atoms with Crippen molar-refractivity contribution in [1.29, 1.82) is 0 Å². The average molecular weight is 164 g/mol. The Bertz CT molecular complexity index is 194. The van der Waals surface area contributed by atoms with Crippen molar-refractivity contribution in [2.24, 2.45) is 11.3 Å². The molecule has 0 N–H and O–H groups in total. The molecule has 0 aromatic carbocycles. The first-order valence-corrected chi connectivity index (χ1v) is 5.43. The van der Waals surface area contributed by atoms with Gasteiger partial charge in [-0.15, -0.1) is 0 Å². The zero-order valence-electron chi connectivity index (χ0n) is 8.40. The monoisotopic (exact) mass is 164 g/mol. The number of allylic oxidation sites excluding steroid dienone is 2. The minimum absolute atomic E-state index is 0.692. The molecule has 2 aliphatic rings. The molecule has 0 saturated heterocycles. The molecule has 0 aliphatic heterocycles. The summed E-state index contributed by atoms with van der Waals surface area (Å²) in [6.45, 7) is 4.67. The predicted molar refractivity (Wildman–Crippen MR) is 53.1 cm³/mol. The van der Waals surface area contributed by atoms with E-state index in [0.29, 0.717) is 5.41 Å². The van der Waals surface area contributed by atoms with E-state index in [4.69, 9.17) is 0 Å². The van der Waals surface area contributed by atoms with E-state index < -0.39 is 0 Å². The van der Waals surface area contributed by atoms with Gasteiger partial charge in [0.15, 0.2) is 0 Å². The van der Waals surface area contributed by atoms with Crippen molar-refractivity contribution in [3.05, 3.63) is 11.6 Å². The largest absolute Gasteiger partial charge is 0.0788 e. The molecule has 0 heterocycles. The summed E-state index contributed by atoms with van der Waals surface area (Å²) in [5.41, 5.74) is 2.43. The van der Waals surface area contributed by atoms with Gasteiger partial charge in [0.1, 0.15) is 0 Å². The van der Waals surface area contributed by atoms with Gasteiger partial charge in [-0.3, -0.25) is 0 Å². The Labute approximate surface area is 76.1 Å². The molecule has 1 fully saturated rings. The SMILES string of the molecule is CC(C)C1=CC2(CCC1)CCC2. The smallest absolute Gasteiger partial charge is 0.0115 e. The lowest BCUT2D eigenvalue weighted by Gasteiger charge is -2.43. The van der Waals surface area contributed by atoms with Crippen molar-refractivity contribution in [2.75, 3.05) is 0 Å². The van der Waals surface area contributed by atoms with Gasteiger partial charge >= 0.3 is 0 Å². The Kier molecular flexibility index (Phi) is 2.02. The minimum Gasteiger partial charge on any atom is -0.0788 e. The van der Waals surface area contributed by atoms with Crippen LogP contribution in [0.2, 0.25) is 0 Å². The Morgan fingerprint density at radius 1 is 1.17 bits per heavy atom. The topological polar surface area (TPSA) is 0 Å². The van der Waals surface area contributed by atoms with Crippen LogP contribution >= 0.6 is 0 Å². The summed E-state index contributed by atoms with van der Waals surface area (Å²) in [7, 11) is 0. The third-order valence-electron chi connectivity index (χ3n) is 3.72. The highest BCUT2D eigenvalue weighted by molar-refractivity contribution is 5.17. The molecular weight excluding hydrogens is 144 g/mol. The molecule has 68 valence electrons. The molecule has 1 saturated carbocycles. The molecule has 0 unspecified atom stereocenters. The Hall–Kier alpha value is -0.260. The zero-order chi connectivity index (χ0) is 8.60. The number of hydrogen-bond acceptors (Lipinski definition) is 0. The van der Waals surface area contributed by atoms with Crippen LogP contribution in [0.4, 0.5) is 0 Å². The molecule has 12 heavy (non-hydrogen) atoms. The van der Waals surface area contributed by atoms with Crippen molar-refractivity contribution < 1.29 is 0 Å². The molecule has 0 bridgehead atoms. The van der Waals surface area contributed by atoms with Gasteiger partial charge in [0.2, 0.25) is 0 Å². The molecular formula is C12H20. The lowest BCUT2D eigenvalue weighted by atomic mass is 9.62. The van der Waals surface area contributed by atoms with E-state index in [1.54, 1.807) is 5.57 Å². The van der Waals surface area contributed by atoms with E-state index >= 15 is 0 Å². The van der Waals surface area contributed by atoms with Crippen LogP contribution in [0.1, 0.15) is 52.4 Å². The third-order valence-corrected chi connectivity index (χ3v) is 3.72. The van der Waals surface area contributed by atoms with Crippen LogP contribution in [0.5, 0.6) is 0 Å². The van der Waals surface area contributed by atoms with Gasteiger partial charge in [-0.05, 0) is 43.4 Å². The van der Waals surface area contributed by atoms with Crippen LogP contribution in [0.25, 0.3) is 0 Å². The second-order valence-corrected chi connectivity index (χ2v) is 4.94. The molecule has 0 aromatic heterocycles. The molecule has 2 aliphatic carbocycles. The zero-order valence-corrected chi connectivity index (χ0v) is 8.40. The standard InChI is InChI=1S/C12H20/c1-10(2)11-5-3-6-12(9-11)7-4-8-12/h9-10H,3-8H2,1-2H3. The van der Waals surface area contributed by atoms with Gasteiger partial charge in [0, 0.05) is 0 Å². The Morgan fingerprint density at radius 3 is 2.33 bits per heavy atom. The van der Waals surface area contributed by atoms with Gasteiger partial charge in [-0.25, -0.2) is 0 Å². The second kappa shape index (κ2) is 2.90. The summed E-state index contributed by atoms with van der Waals surface area (Å²) in [5, 5.41) is 0. The lowest BCUT2D eigenvalue weighted by Crippen LogP contribution is -2.30. The summed E-state index contributed by atoms with van der Waals surface area (Å²) < 4.78 is 0. The fourth-order valence-corrected chi connectivity index (χ4v) is 2.66. The van der Waals surface area contributed by atoms with E-state index in [0.717, 1.165) is 5.92 Å². The minimum atomic E-state index is 0.692. The van der Waals surface area contributed by atoms with Crippen LogP contribution < -0.4 is 0 Å². The summed E-state index contributed by atoms with van der Waals surface area (Å²) in [4.78, 5) is 0. The second-order valence-electron chi connectivity index (χ2n) is 4.94. The van der Waals surface area contributed by atoms with Gasteiger partial charge < -0.3 is 0 Å². The Balaban J connectivity index is 2.13. The summed E-state index contributed by atoms with van der Waals surface area (Å²) >= 11 is 0. The highest BCUT2D eigenvalue weighted by Gasteiger charge is 2.36. The normalized spacial score (nSPS) is 27.1. The molecule has 2 rings (SSSR count). The quantitative estimate of drug-likeness (QED) is 0.515. The van der Waals surface area contributed by atoms with Crippen LogP contribution in [0.3, 0.4) is 0 Å². The van der Waals surface area contributed by atoms with Crippen molar-refractivity contribution in [1.82, 2.24) is 0 Å². The van der Waals surface area contributed by atoms with E-state index in [1.807, 2.05) is 0 Å². The molecule has 1 spiro atoms. The fourth-order valence-electron chi connectivity index (χ4n) is 2.66. The highest BCUT2D eigenvalue weighted by atomic mass is 14.4. The van der Waals surface area contributed by atoms with Gasteiger partial charge in [-0.2, -0.15) is 0 Å². The third kappa shape index (κ3) is 1.32. The first kappa shape index (κ1) is 8.34. The average Bonchev–Trinajstić information content (AvgIpc) is 2.02. The van der Waals surface area contributed by atoms with E-state index in [1.165, 1.54) is 38.5 Å².